The number of carboxylic acid groups (broad SMARTS) is 2. The van der Waals surface area contributed by atoms with Crippen molar-refractivity contribution in [3.63, 3.8) is 0 Å². The fraction of sp³-hybridized carbons (Fsp3) is 0.600. The quantitative estimate of drug-likeness (QED) is 0.633. The van der Waals surface area contributed by atoms with Crippen LogP contribution in [0.4, 0.5) is 13.2 Å². The van der Waals surface area contributed by atoms with Gasteiger partial charge in [0.05, 0.1) is 12.4 Å². The third-order valence-corrected chi connectivity index (χ3v) is 2.04. The maximum Gasteiger partial charge on any atom is 0.392 e. The number of rotatable bonds is 5. The molecule has 0 aliphatic heterocycles. The molecule has 0 spiro atoms. The molecule has 0 fully saturated rings. The molecule has 0 N–H and O–H groups in total. The predicted octanol–water partition coefficient (Wildman–Crippen LogP) is -0.219. The Morgan fingerprint density at radius 3 is 1.88 bits per heavy atom. The van der Waals surface area contributed by atoms with E-state index in [2.05, 4.69) is 0 Å². The van der Waals surface area contributed by atoms with E-state index in [0.717, 1.165) is 0 Å². The number of carbonyl (C=O) groups excluding carboxylic acids is 2. The lowest BCUT2D eigenvalue weighted by Gasteiger charge is -2.21. The number of halogens is 3. The molecule has 0 aromatic rings. The molecule has 0 aromatic carbocycles. The van der Waals surface area contributed by atoms with Gasteiger partial charge in [-0.1, -0.05) is 19.4 Å². The van der Waals surface area contributed by atoms with Crippen LogP contribution in [0.3, 0.4) is 0 Å². The Kier molecular flexibility index (Phi) is 5.18. The molecule has 0 rings (SSSR count). The summed E-state index contributed by atoms with van der Waals surface area (Å²) in [6.07, 6.45) is -7.17. The second kappa shape index (κ2) is 5.70. The molecule has 0 bridgehead atoms. The summed E-state index contributed by atoms with van der Waals surface area (Å²) in [5.41, 5.74) is -1.36. The highest BCUT2D eigenvalue weighted by Crippen LogP contribution is 2.31. The Morgan fingerprint density at radius 1 is 1.18 bits per heavy atom. The Hall–Kier alpha value is -1.53. The molecule has 0 radical (unpaired) electrons. The Balaban J connectivity index is 5.43. The van der Waals surface area contributed by atoms with E-state index in [4.69, 9.17) is 0 Å². The molecule has 17 heavy (non-hydrogen) atoms. The number of aliphatic carboxylic acids is 2. The summed E-state index contributed by atoms with van der Waals surface area (Å²) in [6, 6.07) is 0. The van der Waals surface area contributed by atoms with Crippen LogP contribution in [0.1, 0.15) is 26.7 Å². The first-order valence-corrected chi connectivity index (χ1v) is 4.74. The Labute approximate surface area is 95.7 Å². The number of alkyl halides is 3. The van der Waals surface area contributed by atoms with Gasteiger partial charge in [-0.3, -0.25) is 0 Å². The van der Waals surface area contributed by atoms with Crippen molar-refractivity contribution in [3.05, 3.63) is 11.1 Å². The van der Waals surface area contributed by atoms with Crippen LogP contribution in [0.25, 0.3) is 0 Å². The fourth-order valence-corrected chi connectivity index (χ4v) is 1.34. The lowest BCUT2D eigenvalue weighted by molar-refractivity contribution is -0.309. The molecule has 0 heterocycles. The van der Waals surface area contributed by atoms with Gasteiger partial charge in [0.1, 0.15) is 0 Å². The van der Waals surface area contributed by atoms with Gasteiger partial charge in [0.25, 0.3) is 0 Å². The van der Waals surface area contributed by atoms with E-state index in [0.29, 0.717) is 0 Å². The van der Waals surface area contributed by atoms with Crippen LogP contribution < -0.4 is 10.2 Å². The van der Waals surface area contributed by atoms with Crippen molar-refractivity contribution in [2.45, 2.75) is 32.9 Å². The van der Waals surface area contributed by atoms with Crippen LogP contribution in [0, 0.1) is 5.92 Å². The summed E-state index contributed by atoms with van der Waals surface area (Å²) in [5, 5.41) is 20.9. The van der Waals surface area contributed by atoms with Crippen molar-refractivity contribution in [1.29, 1.82) is 0 Å². The van der Waals surface area contributed by atoms with Gasteiger partial charge in [-0.25, -0.2) is 0 Å². The molecule has 0 aromatic heterocycles. The second-order valence-corrected chi connectivity index (χ2v) is 3.79. The number of carbonyl (C=O) groups is 2. The van der Waals surface area contributed by atoms with Crippen molar-refractivity contribution in [2.24, 2.45) is 5.92 Å². The maximum atomic E-state index is 12.2. The van der Waals surface area contributed by atoms with Gasteiger partial charge in [-0.2, -0.15) is 13.2 Å². The van der Waals surface area contributed by atoms with Crippen molar-refractivity contribution < 1.29 is 33.0 Å². The molecule has 98 valence electrons. The first kappa shape index (κ1) is 15.5. The lowest BCUT2D eigenvalue weighted by Crippen LogP contribution is -2.32. The molecule has 0 aliphatic rings. The van der Waals surface area contributed by atoms with Gasteiger partial charge >= 0.3 is 6.18 Å². The fourth-order valence-electron chi connectivity index (χ4n) is 1.34. The van der Waals surface area contributed by atoms with Gasteiger partial charge in [0.2, 0.25) is 0 Å². The maximum absolute atomic E-state index is 12.2. The summed E-state index contributed by atoms with van der Waals surface area (Å²) in [4.78, 5) is 20.9. The predicted molar refractivity (Wildman–Crippen MR) is 47.2 cm³/mol. The van der Waals surface area contributed by atoms with Crippen LogP contribution in [0.5, 0.6) is 0 Å². The van der Waals surface area contributed by atoms with E-state index >= 15 is 0 Å². The minimum Gasteiger partial charge on any atom is -0.550 e. The average Bonchev–Trinajstić information content (AvgIpc) is 2.08. The highest BCUT2D eigenvalue weighted by atomic mass is 19.4. The summed E-state index contributed by atoms with van der Waals surface area (Å²) < 4.78 is 36.7. The summed E-state index contributed by atoms with van der Waals surface area (Å²) in [5.74, 6) is -4.42. The normalized spacial score (nSPS) is 13.5. The van der Waals surface area contributed by atoms with Crippen LogP contribution in [0.15, 0.2) is 11.1 Å². The summed E-state index contributed by atoms with van der Waals surface area (Å²) >= 11 is 0. The van der Waals surface area contributed by atoms with Crippen LogP contribution >= 0.6 is 0 Å². The molecule has 7 heteroatoms. The third kappa shape index (κ3) is 5.94. The third-order valence-electron chi connectivity index (χ3n) is 2.04. The summed E-state index contributed by atoms with van der Waals surface area (Å²) in [7, 11) is 0. The average molecular weight is 252 g/mol. The lowest BCUT2D eigenvalue weighted by atomic mass is 9.92. The van der Waals surface area contributed by atoms with Gasteiger partial charge < -0.3 is 19.8 Å². The Bertz CT molecular complexity index is 342. The second-order valence-electron chi connectivity index (χ2n) is 3.79. The summed E-state index contributed by atoms with van der Waals surface area (Å²) in [6.45, 7) is 2.69. The van der Waals surface area contributed by atoms with Gasteiger partial charge in [0.15, 0.2) is 0 Å². The van der Waals surface area contributed by atoms with E-state index in [9.17, 15) is 33.0 Å². The first-order chi connectivity index (χ1) is 7.54. The minimum atomic E-state index is -4.60. The molecule has 4 nitrogen and oxygen atoms in total. The van der Waals surface area contributed by atoms with Crippen molar-refractivity contribution >= 4 is 11.9 Å². The highest BCUT2D eigenvalue weighted by molar-refractivity contribution is 5.91. The minimum absolute atomic E-state index is 0.498. The molecule has 0 saturated heterocycles. The number of hydrogen-bond acceptors (Lipinski definition) is 4. The Morgan fingerprint density at radius 2 is 1.65 bits per heavy atom. The highest BCUT2D eigenvalue weighted by Gasteiger charge is 2.31. The van der Waals surface area contributed by atoms with E-state index < -0.39 is 48.0 Å². The molecule has 0 atom stereocenters. The SMILES string of the molecule is CC(C)C(CC(F)(F)F)=C(CC(=O)[O-])C(=O)[O-]. The molecule has 0 amide bonds. The smallest absolute Gasteiger partial charge is 0.392 e. The van der Waals surface area contributed by atoms with Crippen LogP contribution in [0.2, 0.25) is 0 Å². The van der Waals surface area contributed by atoms with E-state index in [1.165, 1.54) is 13.8 Å². The van der Waals surface area contributed by atoms with Gasteiger partial charge in [0, 0.05) is 12.4 Å². The monoisotopic (exact) mass is 252 g/mol. The van der Waals surface area contributed by atoms with Crippen LogP contribution in [-0.2, 0) is 9.59 Å². The van der Waals surface area contributed by atoms with Crippen LogP contribution in [-0.4, -0.2) is 18.1 Å². The van der Waals surface area contributed by atoms with E-state index in [-0.39, 0.29) is 0 Å². The zero-order valence-corrected chi connectivity index (χ0v) is 9.26. The zero-order valence-electron chi connectivity index (χ0n) is 9.26. The first-order valence-electron chi connectivity index (χ1n) is 4.74. The molecule has 0 saturated carbocycles. The van der Waals surface area contributed by atoms with Gasteiger partial charge in [-0.15, -0.1) is 0 Å². The molecular weight excluding hydrogens is 241 g/mol. The number of carboxylic acids is 2. The van der Waals surface area contributed by atoms with Crippen molar-refractivity contribution in [1.82, 2.24) is 0 Å². The number of allylic oxidation sites excluding steroid dienone is 1. The largest absolute Gasteiger partial charge is 0.550 e. The van der Waals surface area contributed by atoms with E-state index in [1.807, 2.05) is 0 Å². The standard InChI is InChI=1S/C10H13F3O4/c1-5(2)7(4-10(11,12)13)6(9(16)17)3-8(14)15/h5H,3-4H2,1-2H3,(H,14,15)(H,16,17)/p-2. The topological polar surface area (TPSA) is 80.3 Å². The zero-order chi connectivity index (χ0) is 13.8. The van der Waals surface area contributed by atoms with Crippen molar-refractivity contribution in [2.75, 3.05) is 0 Å². The molecule has 0 aliphatic carbocycles. The molecular formula is C10H11F3O4-2. The van der Waals surface area contributed by atoms with Gasteiger partial charge in [-0.05, 0) is 11.5 Å². The molecule has 0 unspecified atom stereocenters. The number of hydrogen-bond donors (Lipinski definition) is 0. The van der Waals surface area contributed by atoms with E-state index in [1.54, 1.807) is 0 Å². The van der Waals surface area contributed by atoms with Crippen molar-refractivity contribution in [3.8, 4) is 0 Å².